The van der Waals surface area contributed by atoms with Crippen LogP contribution in [-0.4, -0.2) is 71.1 Å². The molecule has 8 nitrogen and oxygen atoms in total. The van der Waals surface area contributed by atoms with Crippen molar-refractivity contribution >= 4 is 17.7 Å². The Morgan fingerprint density at radius 3 is 2.59 bits per heavy atom. The Balaban J connectivity index is 2.24. The molecule has 0 spiro atoms. The van der Waals surface area contributed by atoms with E-state index in [0.29, 0.717) is 56.7 Å². The summed E-state index contributed by atoms with van der Waals surface area (Å²) >= 11 is 0.991. The Morgan fingerprint density at radius 1 is 1.12 bits per heavy atom. The van der Waals surface area contributed by atoms with Gasteiger partial charge >= 0.3 is 0 Å². The van der Waals surface area contributed by atoms with E-state index in [1.54, 1.807) is 24.3 Å². The highest BCUT2D eigenvalue weighted by atomic mass is 32.2. The molecule has 9 heteroatoms. The first kappa shape index (κ1) is 28.2. The number of likely N-dealkylation sites (N-methyl/N-ethyl adjacent to an activating group) is 1. The van der Waals surface area contributed by atoms with E-state index in [0.717, 1.165) is 24.8 Å². The fraction of sp³-hybridized carbons (Fsp3) is 0.652. The van der Waals surface area contributed by atoms with Crippen molar-refractivity contribution in [3.05, 3.63) is 29.8 Å². The minimum atomic E-state index is -0.455. The number of thiocyanates is 1. The molecule has 1 amide bonds. The van der Waals surface area contributed by atoms with Gasteiger partial charge in [0.25, 0.3) is 5.91 Å². The van der Waals surface area contributed by atoms with Crippen LogP contribution in [0.4, 0.5) is 0 Å². The van der Waals surface area contributed by atoms with Crippen molar-refractivity contribution in [3.63, 3.8) is 0 Å². The van der Waals surface area contributed by atoms with E-state index in [1.165, 1.54) is 6.42 Å². The molecule has 1 aromatic carbocycles. The fourth-order valence-corrected chi connectivity index (χ4v) is 3.04. The predicted molar refractivity (Wildman–Crippen MR) is 127 cm³/mol. The minimum absolute atomic E-state index is 0.161. The van der Waals surface area contributed by atoms with Crippen molar-refractivity contribution in [1.29, 1.82) is 5.26 Å². The van der Waals surface area contributed by atoms with Gasteiger partial charge in [-0.2, -0.15) is 5.26 Å². The van der Waals surface area contributed by atoms with Gasteiger partial charge in [-0.3, -0.25) is 4.79 Å². The molecule has 1 aromatic rings. The summed E-state index contributed by atoms with van der Waals surface area (Å²) in [6.07, 6.45) is 2.24. The first-order valence-corrected chi connectivity index (χ1v) is 11.9. The van der Waals surface area contributed by atoms with Gasteiger partial charge in [0, 0.05) is 25.3 Å². The standard InChI is InChI=1S/C23H37N3O5S/c1-19(2)6-5-11-28-12-13-29-14-15-30-22(32-18-24)17-31-21-8-4-7-20(16-21)23(27)26-10-9-25-3/h4,7-8,16,19,22,25H,5-6,9-15,17H2,1-3H3,(H,26,27). The molecule has 2 N–H and O–H groups in total. The molecule has 1 unspecified atom stereocenters. The van der Waals surface area contributed by atoms with Crippen molar-refractivity contribution in [2.75, 3.05) is 59.8 Å². The Hall–Kier alpha value is -1.83. The first-order valence-electron chi connectivity index (χ1n) is 11.0. The summed E-state index contributed by atoms with van der Waals surface area (Å²) in [5, 5.41) is 16.8. The fourth-order valence-electron chi connectivity index (χ4n) is 2.62. The van der Waals surface area contributed by atoms with Gasteiger partial charge < -0.3 is 29.6 Å². The lowest BCUT2D eigenvalue weighted by atomic mass is 10.1. The molecular weight excluding hydrogens is 430 g/mol. The molecule has 180 valence electrons. The van der Waals surface area contributed by atoms with Crippen molar-refractivity contribution in [2.45, 2.75) is 32.1 Å². The third kappa shape index (κ3) is 14.3. The average molecular weight is 468 g/mol. The second-order valence-corrected chi connectivity index (χ2v) is 8.41. The van der Waals surface area contributed by atoms with E-state index in [1.807, 2.05) is 12.4 Å². The third-order valence-electron chi connectivity index (χ3n) is 4.30. The number of hydrogen-bond donors (Lipinski definition) is 2. The number of carbonyl (C=O) groups is 1. The van der Waals surface area contributed by atoms with Crippen molar-refractivity contribution in [2.24, 2.45) is 5.92 Å². The van der Waals surface area contributed by atoms with E-state index < -0.39 is 5.44 Å². The summed E-state index contributed by atoms with van der Waals surface area (Å²) < 4.78 is 22.4. The lowest BCUT2D eigenvalue weighted by Crippen LogP contribution is -2.30. The zero-order chi connectivity index (χ0) is 23.4. The number of hydrogen-bond acceptors (Lipinski definition) is 8. The number of ether oxygens (including phenoxy) is 4. The molecule has 0 bridgehead atoms. The van der Waals surface area contributed by atoms with Crippen LogP contribution in [0.1, 0.15) is 37.0 Å². The second kappa shape index (κ2) is 18.7. The maximum atomic E-state index is 12.2. The van der Waals surface area contributed by atoms with E-state index >= 15 is 0 Å². The number of nitrogens with zero attached hydrogens (tertiary/aromatic N) is 1. The van der Waals surface area contributed by atoms with Gasteiger partial charge in [0.1, 0.15) is 17.8 Å². The Kier molecular flexibility index (Phi) is 16.5. The lowest BCUT2D eigenvalue weighted by molar-refractivity contribution is 0.000944. The Bertz CT molecular complexity index is 669. The van der Waals surface area contributed by atoms with Gasteiger partial charge in [0.05, 0.1) is 26.4 Å². The maximum absolute atomic E-state index is 12.2. The zero-order valence-corrected chi connectivity index (χ0v) is 20.2. The van der Waals surface area contributed by atoms with E-state index in [-0.39, 0.29) is 12.5 Å². The number of nitrogens with one attached hydrogen (secondary N) is 2. The maximum Gasteiger partial charge on any atom is 0.251 e. The number of amides is 1. The SMILES string of the molecule is CNCCNC(=O)c1cccc(OCC(OCCOCCOCCCC(C)C)SC#N)c1. The molecule has 0 fully saturated rings. The number of rotatable bonds is 19. The Labute approximate surface area is 196 Å². The quantitative estimate of drug-likeness (QED) is 0.182. The molecular formula is C23H37N3O5S. The largest absolute Gasteiger partial charge is 0.490 e. The molecule has 0 heterocycles. The molecule has 32 heavy (non-hydrogen) atoms. The Morgan fingerprint density at radius 2 is 1.88 bits per heavy atom. The smallest absolute Gasteiger partial charge is 0.251 e. The van der Waals surface area contributed by atoms with Crippen molar-refractivity contribution < 1.29 is 23.7 Å². The van der Waals surface area contributed by atoms with Crippen molar-refractivity contribution in [1.82, 2.24) is 10.6 Å². The van der Waals surface area contributed by atoms with Crippen LogP contribution in [-0.2, 0) is 14.2 Å². The van der Waals surface area contributed by atoms with Gasteiger partial charge in [-0.15, -0.1) is 0 Å². The number of thioether (sulfide) groups is 1. The van der Waals surface area contributed by atoms with Gasteiger partial charge in [-0.1, -0.05) is 19.9 Å². The molecule has 1 rings (SSSR count). The highest BCUT2D eigenvalue weighted by Crippen LogP contribution is 2.17. The third-order valence-corrected chi connectivity index (χ3v) is 4.94. The van der Waals surface area contributed by atoms with Gasteiger partial charge in [0.2, 0.25) is 0 Å². The highest BCUT2D eigenvalue weighted by molar-refractivity contribution is 8.04. The van der Waals surface area contributed by atoms with Gasteiger partial charge in [-0.05, 0) is 55.8 Å². The van der Waals surface area contributed by atoms with Crippen LogP contribution in [0.15, 0.2) is 24.3 Å². The average Bonchev–Trinajstić information content (AvgIpc) is 2.78. The monoisotopic (exact) mass is 467 g/mol. The topological polar surface area (TPSA) is 102 Å². The van der Waals surface area contributed by atoms with Gasteiger partial charge in [0.15, 0.2) is 5.44 Å². The summed E-state index contributed by atoms with van der Waals surface area (Å²) in [6, 6.07) is 6.93. The summed E-state index contributed by atoms with van der Waals surface area (Å²) in [6.45, 7) is 8.44. The van der Waals surface area contributed by atoms with Crippen LogP contribution in [0.25, 0.3) is 0 Å². The molecule has 0 aliphatic heterocycles. The van der Waals surface area contributed by atoms with Crippen LogP contribution >= 0.6 is 11.8 Å². The van der Waals surface area contributed by atoms with Crippen molar-refractivity contribution in [3.8, 4) is 11.2 Å². The van der Waals surface area contributed by atoms with Crippen LogP contribution in [0.2, 0.25) is 0 Å². The van der Waals surface area contributed by atoms with Crippen LogP contribution in [0, 0.1) is 16.6 Å². The molecule has 0 aliphatic carbocycles. The molecule has 0 aromatic heterocycles. The van der Waals surface area contributed by atoms with Crippen LogP contribution in [0.3, 0.4) is 0 Å². The normalized spacial score (nSPS) is 11.8. The molecule has 0 radical (unpaired) electrons. The molecule has 0 saturated carbocycles. The molecule has 1 atom stereocenters. The summed E-state index contributed by atoms with van der Waals surface area (Å²) in [4.78, 5) is 12.2. The number of carbonyl (C=O) groups excluding carboxylic acids is 1. The molecule has 0 saturated heterocycles. The number of benzene rings is 1. The first-order chi connectivity index (χ1) is 15.6. The van der Waals surface area contributed by atoms with E-state index in [2.05, 4.69) is 24.5 Å². The summed E-state index contributed by atoms with van der Waals surface area (Å²) in [5.41, 5.74) is 0.0628. The van der Waals surface area contributed by atoms with Gasteiger partial charge in [-0.25, -0.2) is 0 Å². The van der Waals surface area contributed by atoms with Crippen LogP contribution in [0.5, 0.6) is 5.75 Å². The second-order valence-electron chi connectivity index (χ2n) is 7.47. The summed E-state index contributed by atoms with van der Waals surface area (Å²) in [5.74, 6) is 1.09. The minimum Gasteiger partial charge on any atom is -0.490 e. The number of nitriles is 1. The lowest BCUT2D eigenvalue weighted by Gasteiger charge is -2.16. The predicted octanol–water partition coefficient (Wildman–Crippen LogP) is 3.04. The zero-order valence-electron chi connectivity index (χ0n) is 19.4. The highest BCUT2D eigenvalue weighted by Gasteiger charge is 2.12. The summed E-state index contributed by atoms with van der Waals surface area (Å²) in [7, 11) is 1.83. The van der Waals surface area contributed by atoms with Crippen LogP contribution < -0.4 is 15.4 Å². The molecule has 0 aliphatic rings. The van der Waals surface area contributed by atoms with E-state index in [9.17, 15) is 4.79 Å². The van der Waals surface area contributed by atoms with E-state index in [4.69, 9.17) is 24.2 Å².